The van der Waals surface area contributed by atoms with E-state index < -0.39 is 0 Å². The Balaban J connectivity index is 1.97. The van der Waals surface area contributed by atoms with Crippen molar-refractivity contribution in [1.29, 1.82) is 0 Å². The summed E-state index contributed by atoms with van der Waals surface area (Å²) in [5.74, 6) is 1.33. The highest BCUT2D eigenvalue weighted by Crippen LogP contribution is 2.26. The molecule has 0 saturated carbocycles. The lowest BCUT2D eigenvalue weighted by atomic mass is 9.95. The van der Waals surface area contributed by atoms with Crippen molar-refractivity contribution >= 4 is 28.9 Å². The number of amides is 1. The summed E-state index contributed by atoms with van der Waals surface area (Å²) in [6.45, 7) is 8.40. The Kier molecular flexibility index (Phi) is 5.12. The fourth-order valence-electron chi connectivity index (χ4n) is 2.76. The third-order valence-electron chi connectivity index (χ3n) is 4.40. The first-order chi connectivity index (χ1) is 9.88. The van der Waals surface area contributed by atoms with Crippen molar-refractivity contribution in [2.24, 2.45) is 11.8 Å². The lowest BCUT2D eigenvalue weighted by molar-refractivity contribution is -0.120. The van der Waals surface area contributed by atoms with Crippen LogP contribution >= 0.6 is 11.6 Å². The largest absolute Gasteiger partial charge is 0.397 e. The second-order valence-electron chi connectivity index (χ2n) is 6.18. The molecule has 2 rings (SSSR count). The number of nitrogens with one attached hydrogen (secondary N) is 1. The van der Waals surface area contributed by atoms with Crippen molar-refractivity contribution in [2.45, 2.75) is 33.2 Å². The maximum absolute atomic E-state index is 12.4. The van der Waals surface area contributed by atoms with Gasteiger partial charge in [-0.2, -0.15) is 0 Å². The van der Waals surface area contributed by atoms with E-state index >= 15 is 0 Å². The van der Waals surface area contributed by atoms with Gasteiger partial charge >= 0.3 is 0 Å². The number of nitrogens with two attached hydrogens (primary N) is 1. The Morgan fingerprint density at radius 1 is 1.43 bits per heavy atom. The molecule has 1 aliphatic rings. The van der Waals surface area contributed by atoms with Crippen LogP contribution in [0.5, 0.6) is 0 Å². The number of likely N-dealkylation sites (tertiary alicyclic amines) is 1. The second-order valence-corrected chi connectivity index (χ2v) is 6.62. The zero-order valence-corrected chi connectivity index (χ0v) is 13.7. The number of carbonyl (C=O) groups is 1. The fourth-order valence-corrected chi connectivity index (χ4v) is 2.94. The van der Waals surface area contributed by atoms with Crippen LogP contribution in [-0.4, -0.2) is 29.9 Å². The van der Waals surface area contributed by atoms with Gasteiger partial charge in [0.25, 0.3) is 0 Å². The Morgan fingerprint density at radius 3 is 2.71 bits per heavy atom. The average Bonchev–Trinajstić information content (AvgIpc) is 2.90. The van der Waals surface area contributed by atoms with Crippen LogP contribution in [0.4, 0.5) is 11.4 Å². The van der Waals surface area contributed by atoms with E-state index in [0.717, 1.165) is 13.1 Å². The molecule has 1 heterocycles. The SMILES string of the molecule is CC(C)C1CCN(C(C)C(=O)Nc2ccc(Cl)cc2N)C1. The first-order valence-corrected chi connectivity index (χ1v) is 7.86. The van der Waals surface area contributed by atoms with Crippen LogP contribution in [0.3, 0.4) is 0 Å². The van der Waals surface area contributed by atoms with Crippen LogP contribution in [0.25, 0.3) is 0 Å². The monoisotopic (exact) mass is 309 g/mol. The molecule has 1 fully saturated rings. The third-order valence-corrected chi connectivity index (χ3v) is 4.63. The van der Waals surface area contributed by atoms with Crippen LogP contribution in [0, 0.1) is 11.8 Å². The minimum Gasteiger partial charge on any atom is -0.397 e. The molecule has 1 amide bonds. The molecule has 0 radical (unpaired) electrons. The quantitative estimate of drug-likeness (QED) is 0.840. The molecule has 0 spiro atoms. The summed E-state index contributed by atoms with van der Waals surface area (Å²) in [6, 6.07) is 4.96. The summed E-state index contributed by atoms with van der Waals surface area (Å²) in [5.41, 5.74) is 6.98. The molecule has 0 aromatic heterocycles. The zero-order chi connectivity index (χ0) is 15.6. The van der Waals surface area contributed by atoms with Crippen molar-refractivity contribution in [3.05, 3.63) is 23.2 Å². The number of anilines is 2. The third kappa shape index (κ3) is 3.89. The normalized spacial score (nSPS) is 20.7. The summed E-state index contributed by atoms with van der Waals surface area (Å²) >= 11 is 5.86. The maximum atomic E-state index is 12.4. The smallest absolute Gasteiger partial charge is 0.241 e. The van der Waals surface area contributed by atoms with E-state index in [4.69, 9.17) is 17.3 Å². The molecule has 0 bridgehead atoms. The van der Waals surface area contributed by atoms with Gasteiger partial charge in [-0.05, 0) is 49.9 Å². The lowest BCUT2D eigenvalue weighted by Crippen LogP contribution is -2.41. The van der Waals surface area contributed by atoms with Crippen LogP contribution in [0.2, 0.25) is 5.02 Å². The van der Waals surface area contributed by atoms with Gasteiger partial charge in [-0.1, -0.05) is 25.4 Å². The summed E-state index contributed by atoms with van der Waals surface area (Å²) in [7, 11) is 0. The van der Waals surface area contributed by atoms with Crippen LogP contribution in [0.1, 0.15) is 27.2 Å². The Bertz CT molecular complexity index is 518. The summed E-state index contributed by atoms with van der Waals surface area (Å²) in [4.78, 5) is 14.6. The van der Waals surface area contributed by atoms with Gasteiger partial charge in [0.1, 0.15) is 0 Å². The topological polar surface area (TPSA) is 58.4 Å². The molecule has 1 aliphatic heterocycles. The molecule has 4 nitrogen and oxygen atoms in total. The zero-order valence-electron chi connectivity index (χ0n) is 12.9. The first-order valence-electron chi connectivity index (χ1n) is 7.48. The predicted octanol–water partition coefficient (Wildman–Crippen LogP) is 3.23. The number of rotatable bonds is 4. The number of hydrogen-bond donors (Lipinski definition) is 2. The van der Waals surface area contributed by atoms with E-state index in [1.54, 1.807) is 18.2 Å². The molecule has 0 aliphatic carbocycles. The van der Waals surface area contributed by atoms with Crippen molar-refractivity contribution in [3.63, 3.8) is 0 Å². The second kappa shape index (κ2) is 6.67. The van der Waals surface area contributed by atoms with E-state index in [0.29, 0.717) is 28.2 Å². The number of nitrogens with zero attached hydrogens (tertiary/aromatic N) is 1. The van der Waals surface area contributed by atoms with Crippen LogP contribution in [-0.2, 0) is 4.79 Å². The number of carbonyl (C=O) groups excluding carboxylic acids is 1. The van der Waals surface area contributed by atoms with Gasteiger partial charge < -0.3 is 11.1 Å². The Morgan fingerprint density at radius 2 is 2.14 bits per heavy atom. The molecule has 5 heteroatoms. The van der Waals surface area contributed by atoms with Gasteiger partial charge in [-0.15, -0.1) is 0 Å². The van der Waals surface area contributed by atoms with Crippen LogP contribution < -0.4 is 11.1 Å². The van der Waals surface area contributed by atoms with Crippen molar-refractivity contribution in [2.75, 3.05) is 24.1 Å². The number of nitrogen functional groups attached to an aromatic ring is 1. The Hall–Kier alpha value is -1.26. The molecular formula is C16H24ClN3O. The van der Waals surface area contributed by atoms with Gasteiger partial charge in [0.15, 0.2) is 0 Å². The highest BCUT2D eigenvalue weighted by atomic mass is 35.5. The minimum absolute atomic E-state index is 0.0200. The number of benzene rings is 1. The van der Waals surface area contributed by atoms with Gasteiger partial charge in [0, 0.05) is 11.6 Å². The highest BCUT2D eigenvalue weighted by molar-refractivity contribution is 6.31. The molecule has 3 N–H and O–H groups in total. The minimum atomic E-state index is -0.149. The van der Waals surface area contributed by atoms with E-state index in [-0.39, 0.29) is 11.9 Å². The van der Waals surface area contributed by atoms with E-state index in [9.17, 15) is 4.79 Å². The first kappa shape index (κ1) is 16.1. The highest BCUT2D eigenvalue weighted by Gasteiger charge is 2.30. The summed E-state index contributed by atoms with van der Waals surface area (Å²) < 4.78 is 0. The average molecular weight is 310 g/mol. The molecule has 1 aromatic rings. The lowest BCUT2D eigenvalue weighted by Gasteiger charge is -2.24. The predicted molar refractivity (Wildman–Crippen MR) is 88.5 cm³/mol. The molecule has 1 aromatic carbocycles. The molecule has 1 saturated heterocycles. The fraction of sp³-hybridized carbons (Fsp3) is 0.562. The molecule has 21 heavy (non-hydrogen) atoms. The standard InChI is InChI=1S/C16H24ClN3O/c1-10(2)12-6-7-20(9-12)11(3)16(21)19-15-5-4-13(17)8-14(15)18/h4-5,8,10-12H,6-7,9,18H2,1-3H3,(H,19,21). The molecule has 2 atom stereocenters. The summed E-state index contributed by atoms with van der Waals surface area (Å²) in [5, 5.41) is 3.46. The van der Waals surface area contributed by atoms with Crippen molar-refractivity contribution in [1.82, 2.24) is 4.90 Å². The van der Waals surface area contributed by atoms with E-state index in [2.05, 4.69) is 24.1 Å². The Labute approximate surface area is 131 Å². The molecular weight excluding hydrogens is 286 g/mol. The van der Waals surface area contributed by atoms with E-state index in [1.165, 1.54) is 6.42 Å². The van der Waals surface area contributed by atoms with Crippen molar-refractivity contribution in [3.8, 4) is 0 Å². The maximum Gasteiger partial charge on any atom is 0.241 e. The van der Waals surface area contributed by atoms with Gasteiger partial charge in [-0.3, -0.25) is 9.69 Å². The van der Waals surface area contributed by atoms with Gasteiger partial charge in [0.2, 0.25) is 5.91 Å². The molecule has 2 unspecified atom stereocenters. The van der Waals surface area contributed by atoms with Gasteiger partial charge in [-0.25, -0.2) is 0 Å². The number of halogens is 1. The summed E-state index contributed by atoms with van der Waals surface area (Å²) in [6.07, 6.45) is 1.17. The van der Waals surface area contributed by atoms with Crippen molar-refractivity contribution < 1.29 is 4.79 Å². The van der Waals surface area contributed by atoms with E-state index in [1.807, 2.05) is 6.92 Å². The number of hydrogen-bond acceptors (Lipinski definition) is 3. The van der Waals surface area contributed by atoms with Crippen LogP contribution in [0.15, 0.2) is 18.2 Å². The van der Waals surface area contributed by atoms with Gasteiger partial charge in [0.05, 0.1) is 17.4 Å². The molecule has 116 valence electrons.